The van der Waals surface area contributed by atoms with E-state index >= 15 is 0 Å². The Balaban J connectivity index is 1.78. The molecule has 4 rings (SSSR count). The normalized spacial score (nSPS) is 12.3. The van der Waals surface area contributed by atoms with Gasteiger partial charge in [-0.05, 0) is 42.3 Å². The van der Waals surface area contributed by atoms with Crippen molar-refractivity contribution in [1.82, 2.24) is 10.3 Å². The Bertz CT molecular complexity index is 1610. The third-order valence-corrected chi connectivity index (χ3v) is 8.70. The van der Waals surface area contributed by atoms with Gasteiger partial charge in [0, 0.05) is 27.0 Å². The van der Waals surface area contributed by atoms with Gasteiger partial charge in [-0.25, -0.2) is 13.4 Å². The molecule has 1 heterocycles. The van der Waals surface area contributed by atoms with E-state index in [0.717, 1.165) is 10.0 Å². The van der Waals surface area contributed by atoms with E-state index < -0.39 is 32.7 Å². The van der Waals surface area contributed by atoms with E-state index in [1.165, 1.54) is 12.1 Å². The summed E-state index contributed by atoms with van der Waals surface area (Å²) in [6.45, 7) is 1.42. The molecule has 4 aromatic rings. The summed E-state index contributed by atoms with van der Waals surface area (Å²) in [5.41, 5.74) is 3.24. The van der Waals surface area contributed by atoms with Crippen LogP contribution in [0.3, 0.4) is 0 Å². The second kappa shape index (κ2) is 11.0. The van der Waals surface area contributed by atoms with E-state index in [-0.39, 0.29) is 17.1 Å². The van der Waals surface area contributed by atoms with Crippen molar-refractivity contribution in [3.63, 3.8) is 0 Å². The topological polar surface area (TPSA) is 113 Å². The van der Waals surface area contributed by atoms with Crippen LogP contribution in [0.5, 0.6) is 0 Å². The zero-order chi connectivity index (χ0) is 26.7. The lowest BCUT2D eigenvalue weighted by Gasteiger charge is -2.20. The molecule has 0 saturated heterocycles. The van der Waals surface area contributed by atoms with E-state index in [2.05, 4.69) is 21.2 Å². The van der Waals surface area contributed by atoms with Crippen LogP contribution < -0.4 is 5.32 Å². The number of fused-ring (bicyclic) bond motifs is 1. The first-order chi connectivity index (χ1) is 17.6. The number of carbonyl (C=O) groups excluding carboxylic acids is 1. The van der Waals surface area contributed by atoms with Crippen LogP contribution in [0.1, 0.15) is 26.7 Å². The van der Waals surface area contributed by atoms with Crippen molar-refractivity contribution >= 4 is 60.1 Å². The molecule has 0 aliphatic carbocycles. The molecule has 1 amide bonds. The number of aromatic nitrogens is 1. The maximum absolute atomic E-state index is 13.6. The molecular formula is C27H22BrClN2O5S. The van der Waals surface area contributed by atoms with Gasteiger partial charge in [0.05, 0.1) is 16.8 Å². The van der Waals surface area contributed by atoms with Crippen molar-refractivity contribution in [1.29, 1.82) is 0 Å². The molecule has 0 aliphatic rings. The summed E-state index contributed by atoms with van der Waals surface area (Å²) >= 11 is 9.71. The van der Waals surface area contributed by atoms with Gasteiger partial charge in [0.2, 0.25) is 0 Å². The predicted molar refractivity (Wildman–Crippen MR) is 148 cm³/mol. The maximum Gasteiger partial charge on any atom is 0.318 e. The number of benzene rings is 3. The number of nitrogens with one attached hydrogen (secondary N) is 1. The number of amides is 1. The van der Waals surface area contributed by atoms with Crippen molar-refractivity contribution in [3.8, 4) is 11.3 Å². The first-order valence-electron chi connectivity index (χ1n) is 11.2. The number of carboxylic acids is 1. The van der Waals surface area contributed by atoms with Gasteiger partial charge >= 0.3 is 5.97 Å². The van der Waals surface area contributed by atoms with E-state index in [9.17, 15) is 23.1 Å². The molecular weight excluding hydrogens is 580 g/mol. The van der Waals surface area contributed by atoms with Crippen LogP contribution in [0.25, 0.3) is 22.2 Å². The van der Waals surface area contributed by atoms with Crippen LogP contribution in [0.2, 0.25) is 5.02 Å². The quantitative estimate of drug-likeness (QED) is 0.272. The van der Waals surface area contributed by atoms with Crippen LogP contribution in [0.15, 0.2) is 77.3 Å². The molecule has 2 N–H and O–H groups in total. The lowest BCUT2D eigenvalue weighted by atomic mass is 9.97. The summed E-state index contributed by atoms with van der Waals surface area (Å²) in [5.74, 6) is -3.10. The van der Waals surface area contributed by atoms with Gasteiger partial charge in [-0.2, -0.15) is 0 Å². The fourth-order valence-corrected chi connectivity index (χ4v) is 6.38. The van der Waals surface area contributed by atoms with Gasteiger partial charge in [-0.3, -0.25) is 9.59 Å². The monoisotopic (exact) mass is 600 g/mol. The molecule has 0 aliphatic heterocycles. The largest absolute Gasteiger partial charge is 0.480 e. The minimum Gasteiger partial charge on any atom is -0.480 e. The first-order valence-corrected chi connectivity index (χ1v) is 14.1. The van der Waals surface area contributed by atoms with Gasteiger partial charge in [-0.1, -0.05) is 76.1 Å². The van der Waals surface area contributed by atoms with Gasteiger partial charge in [0.1, 0.15) is 11.0 Å². The Hall–Kier alpha value is -3.27. The number of aliphatic carboxylic acids is 1. The molecule has 0 radical (unpaired) electrons. The average molecular weight is 602 g/mol. The van der Waals surface area contributed by atoms with Gasteiger partial charge in [0.15, 0.2) is 9.84 Å². The summed E-state index contributed by atoms with van der Waals surface area (Å²) in [4.78, 5) is 29.7. The zero-order valence-corrected chi connectivity index (χ0v) is 22.8. The van der Waals surface area contributed by atoms with Crippen molar-refractivity contribution in [3.05, 3.63) is 99.0 Å². The lowest BCUT2D eigenvalue weighted by molar-refractivity contribution is -0.134. The van der Waals surface area contributed by atoms with Crippen LogP contribution >= 0.6 is 27.5 Å². The first kappa shape index (κ1) is 26.8. The van der Waals surface area contributed by atoms with Crippen molar-refractivity contribution < 1.29 is 23.1 Å². The standard InChI is InChI=1S/C27H22BrClN2O5S/c1-16-25(20-13-18(28)11-12-22(20)31-26(16)17-7-3-2-4-8-17)27(34)30-14-23(37(35,36)15-24(32)33)19-9-5-6-10-21(19)29/h2-13,23H,14-15H2,1H3,(H,30,34)(H,32,33)/t23-/m1/s1. The smallest absolute Gasteiger partial charge is 0.318 e. The number of carboxylic acid groups (broad SMARTS) is 1. The van der Waals surface area contributed by atoms with E-state index in [4.69, 9.17) is 16.6 Å². The lowest BCUT2D eigenvalue weighted by Crippen LogP contribution is -2.34. The highest BCUT2D eigenvalue weighted by atomic mass is 79.9. The highest BCUT2D eigenvalue weighted by Crippen LogP contribution is 2.32. The highest BCUT2D eigenvalue weighted by molar-refractivity contribution is 9.10. The fraction of sp³-hybridized carbons (Fsp3) is 0.148. The number of nitrogens with zero attached hydrogens (tertiary/aromatic N) is 1. The van der Waals surface area contributed by atoms with Crippen LogP contribution in [0, 0.1) is 6.92 Å². The molecule has 1 aromatic heterocycles. The second-order valence-electron chi connectivity index (χ2n) is 8.41. The summed E-state index contributed by atoms with van der Waals surface area (Å²) in [6, 6.07) is 21.1. The number of pyridine rings is 1. The zero-order valence-electron chi connectivity index (χ0n) is 19.6. The highest BCUT2D eigenvalue weighted by Gasteiger charge is 2.32. The number of rotatable bonds is 8. The Labute approximate surface area is 227 Å². The summed E-state index contributed by atoms with van der Waals surface area (Å²) in [7, 11) is -4.20. The van der Waals surface area contributed by atoms with Crippen LogP contribution in [-0.2, 0) is 14.6 Å². The van der Waals surface area contributed by atoms with E-state index in [1.807, 2.05) is 36.4 Å². The molecule has 1 atom stereocenters. The number of halogens is 2. The van der Waals surface area contributed by atoms with Gasteiger partial charge in [0.25, 0.3) is 5.91 Å². The molecule has 37 heavy (non-hydrogen) atoms. The Morgan fingerprint density at radius 3 is 2.41 bits per heavy atom. The number of hydrogen-bond acceptors (Lipinski definition) is 5. The minimum absolute atomic E-state index is 0.163. The molecule has 3 aromatic carbocycles. The number of sulfone groups is 1. The second-order valence-corrected chi connectivity index (χ2v) is 11.9. The van der Waals surface area contributed by atoms with Crippen molar-refractivity contribution in [2.75, 3.05) is 12.3 Å². The maximum atomic E-state index is 13.6. The third-order valence-electron chi connectivity index (χ3n) is 5.92. The molecule has 0 saturated carbocycles. The molecule has 0 bridgehead atoms. The Morgan fingerprint density at radius 1 is 1.05 bits per heavy atom. The third kappa shape index (κ3) is 5.84. The van der Waals surface area contributed by atoms with E-state index in [0.29, 0.717) is 27.7 Å². The van der Waals surface area contributed by atoms with Crippen LogP contribution in [0.4, 0.5) is 0 Å². The average Bonchev–Trinajstić information content (AvgIpc) is 2.84. The summed E-state index contributed by atoms with van der Waals surface area (Å²) in [6.07, 6.45) is 0. The number of hydrogen-bond donors (Lipinski definition) is 2. The molecule has 0 fully saturated rings. The SMILES string of the molecule is Cc1c(-c2ccccc2)nc2ccc(Br)cc2c1C(=O)NC[C@H](c1ccccc1Cl)S(=O)(=O)CC(=O)O. The van der Waals surface area contributed by atoms with Crippen molar-refractivity contribution in [2.45, 2.75) is 12.2 Å². The van der Waals surface area contributed by atoms with Crippen molar-refractivity contribution in [2.24, 2.45) is 0 Å². The van der Waals surface area contributed by atoms with E-state index in [1.54, 1.807) is 31.2 Å². The van der Waals surface area contributed by atoms with Gasteiger partial charge < -0.3 is 10.4 Å². The molecule has 10 heteroatoms. The Morgan fingerprint density at radius 2 is 1.73 bits per heavy atom. The van der Waals surface area contributed by atoms with Crippen LogP contribution in [-0.4, -0.2) is 42.7 Å². The minimum atomic E-state index is -4.20. The van der Waals surface area contributed by atoms with Gasteiger partial charge in [-0.15, -0.1) is 0 Å². The fourth-order valence-electron chi connectivity index (χ4n) is 4.21. The molecule has 0 spiro atoms. The Kier molecular flexibility index (Phi) is 7.96. The number of carbonyl (C=O) groups is 2. The molecule has 190 valence electrons. The molecule has 7 nitrogen and oxygen atoms in total. The molecule has 0 unspecified atom stereocenters. The summed E-state index contributed by atoms with van der Waals surface area (Å²) in [5, 5.41) is 11.3. The summed E-state index contributed by atoms with van der Waals surface area (Å²) < 4.78 is 26.7. The predicted octanol–water partition coefficient (Wildman–Crippen LogP) is 5.60.